The molecule has 3 aliphatic rings. The van der Waals surface area contributed by atoms with Gasteiger partial charge >= 0.3 is 5.97 Å². The van der Waals surface area contributed by atoms with Crippen molar-refractivity contribution in [1.82, 2.24) is 5.32 Å². The summed E-state index contributed by atoms with van der Waals surface area (Å²) in [4.78, 5) is 10.6. The third kappa shape index (κ3) is 1.70. The number of piperidine rings is 2. The number of carboxylic acids is 1. The van der Waals surface area contributed by atoms with Crippen LogP contribution in [0.1, 0.15) is 19.3 Å². The highest BCUT2D eigenvalue weighted by atomic mass is 35.5. The molecule has 2 heterocycles. The predicted octanol–water partition coefficient (Wildman–Crippen LogP) is 1.27. The molecule has 0 aromatic rings. The van der Waals surface area contributed by atoms with Gasteiger partial charge in [0.25, 0.3) is 5.92 Å². The Balaban J connectivity index is 0.000000980. The molecule has 2 bridgehead atoms. The molecule has 2 aliphatic heterocycles. The van der Waals surface area contributed by atoms with E-state index >= 15 is 0 Å². The molecule has 1 saturated carbocycles. The molecule has 1 aliphatic carbocycles. The third-order valence-electron chi connectivity index (χ3n) is 2.99. The first-order valence-electron chi connectivity index (χ1n) is 4.37. The Labute approximate surface area is 86.3 Å². The van der Waals surface area contributed by atoms with E-state index in [1.54, 1.807) is 0 Å². The van der Waals surface area contributed by atoms with Crippen LogP contribution in [0.15, 0.2) is 0 Å². The molecule has 0 aromatic carbocycles. The Morgan fingerprint density at radius 1 is 1.43 bits per heavy atom. The van der Waals surface area contributed by atoms with Gasteiger partial charge in [0, 0.05) is 6.42 Å². The van der Waals surface area contributed by atoms with E-state index in [2.05, 4.69) is 5.32 Å². The van der Waals surface area contributed by atoms with Crippen LogP contribution in [-0.4, -0.2) is 29.1 Å². The van der Waals surface area contributed by atoms with E-state index in [4.69, 9.17) is 5.11 Å². The molecule has 0 radical (unpaired) electrons. The van der Waals surface area contributed by atoms with Gasteiger partial charge in [-0.05, 0) is 18.8 Å². The second-order valence-electron chi connectivity index (χ2n) is 3.84. The lowest BCUT2D eigenvalue weighted by Crippen LogP contribution is -2.64. The summed E-state index contributed by atoms with van der Waals surface area (Å²) < 4.78 is 26.2. The van der Waals surface area contributed by atoms with Crippen molar-refractivity contribution in [2.75, 3.05) is 0 Å². The Kier molecular flexibility index (Phi) is 3.02. The molecule has 3 rings (SSSR count). The number of aliphatic carboxylic acids is 1. The molecule has 0 aromatic heterocycles. The zero-order valence-electron chi connectivity index (χ0n) is 7.37. The van der Waals surface area contributed by atoms with Crippen LogP contribution in [0.5, 0.6) is 0 Å². The number of halogens is 3. The van der Waals surface area contributed by atoms with Crippen molar-refractivity contribution in [2.24, 2.45) is 5.92 Å². The van der Waals surface area contributed by atoms with E-state index in [1.165, 1.54) is 0 Å². The number of fused-ring (bicyclic) bond motifs is 3. The molecule has 82 valence electrons. The first-order valence-corrected chi connectivity index (χ1v) is 4.37. The smallest absolute Gasteiger partial charge is 0.320 e. The average Bonchev–Trinajstić information content (AvgIpc) is 2.02. The van der Waals surface area contributed by atoms with Crippen molar-refractivity contribution in [3.8, 4) is 0 Å². The molecule has 2 saturated heterocycles. The van der Waals surface area contributed by atoms with E-state index in [9.17, 15) is 13.6 Å². The first kappa shape index (κ1) is 11.7. The van der Waals surface area contributed by atoms with Crippen molar-refractivity contribution >= 4 is 18.4 Å². The van der Waals surface area contributed by atoms with Gasteiger partial charge in [-0.3, -0.25) is 10.1 Å². The molecule has 3 nitrogen and oxygen atoms in total. The Bertz CT molecular complexity index is 249. The molecule has 6 heteroatoms. The Morgan fingerprint density at radius 2 is 2.07 bits per heavy atom. The van der Waals surface area contributed by atoms with Gasteiger partial charge in [-0.25, -0.2) is 8.78 Å². The van der Waals surface area contributed by atoms with Gasteiger partial charge in [0.15, 0.2) is 0 Å². The minimum absolute atomic E-state index is 0. The molecule has 14 heavy (non-hydrogen) atoms. The maximum atomic E-state index is 13.1. The second-order valence-corrected chi connectivity index (χ2v) is 3.84. The lowest BCUT2D eigenvalue weighted by atomic mass is 9.74. The van der Waals surface area contributed by atoms with Gasteiger partial charge in [0.1, 0.15) is 6.04 Å². The minimum Gasteiger partial charge on any atom is -0.480 e. The van der Waals surface area contributed by atoms with Crippen LogP contribution in [0.25, 0.3) is 0 Å². The fraction of sp³-hybridized carbons (Fsp3) is 0.875. The zero-order chi connectivity index (χ0) is 9.64. The van der Waals surface area contributed by atoms with E-state index < -0.39 is 29.9 Å². The molecule has 3 fully saturated rings. The first-order chi connectivity index (χ1) is 6.00. The summed E-state index contributed by atoms with van der Waals surface area (Å²) in [6, 6.07) is -1.70. The van der Waals surface area contributed by atoms with Crippen LogP contribution < -0.4 is 5.32 Å². The molecular formula is C8H12ClF2NO2. The Morgan fingerprint density at radius 3 is 2.43 bits per heavy atom. The number of alkyl halides is 2. The molecule has 0 amide bonds. The van der Waals surface area contributed by atoms with Crippen molar-refractivity contribution in [3.05, 3.63) is 0 Å². The number of hydrogen-bond acceptors (Lipinski definition) is 2. The molecule has 2 N–H and O–H groups in total. The third-order valence-corrected chi connectivity index (χ3v) is 2.99. The number of carboxylic acid groups (broad SMARTS) is 1. The van der Waals surface area contributed by atoms with Crippen molar-refractivity contribution in [2.45, 2.75) is 37.3 Å². The van der Waals surface area contributed by atoms with Gasteiger partial charge in [0.2, 0.25) is 0 Å². The molecule has 2 unspecified atom stereocenters. The highest BCUT2D eigenvalue weighted by Gasteiger charge is 2.54. The second kappa shape index (κ2) is 3.62. The van der Waals surface area contributed by atoms with Gasteiger partial charge < -0.3 is 5.11 Å². The summed E-state index contributed by atoms with van der Waals surface area (Å²) >= 11 is 0. The van der Waals surface area contributed by atoms with Crippen molar-refractivity contribution in [3.63, 3.8) is 0 Å². The SMILES string of the molecule is Cl.O=C(O)[C@H]1NC2CCC1CC2(F)F. The molecule has 0 spiro atoms. The van der Waals surface area contributed by atoms with E-state index in [0.29, 0.717) is 12.8 Å². The monoisotopic (exact) mass is 227 g/mol. The summed E-state index contributed by atoms with van der Waals surface area (Å²) in [6.45, 7) is 0. The lowest BCUT2D eigenvalue weighted by Gasteiger charge is -2.46. The standard InChI is InChI=1S/C8H11F2NO2.ClH/c9-8(10)3-4-1-2-5(8)11-6(4)7(12)13;/h4-6,11H,1-3H2,(H,12,13);1H/t4?,5?,6-;/m0./s1. The number of rotatable bonds is 1. The van der Waals surface area contributed by atoms with Crippen LogP contribution in [0.4, 0.5) is 8.78 Å². The quantitative estimate of drug-likeness (QED) is 0.709. The van der Waals surface area contributed by atoms with Gasteiger partial charge in [-0.2, -0.15) is 0 Å². The van der Waals surface area contributed by atoms with E-state index in [1.807, 2.05) is 0 Å². The fourth-order valence-corrected chi connectivity index (χ4v) is 2.30. The topological polar surface area (TPSA) is 49.3 Å². The normalized spacial score (nSPS) is 38.9. The molecular weight excluding hydrogens is 216 g/mol. The molecule has 3 atom stereocenters. The number of nitrogens with one attached hydrogen (secondary N) is 1. The minimum atomic E-state index is -2.71. The summed E-state index contributed by atoms with van der Waals surface area (Å²) in [5, 5.41) is 11.2. The number of hydrogen-bond donors (Lipinski definition) is 2. The van der Waals surface area contributed by atoms with Gasteiger partial charge in [-0.1, -0.05) is 0 Å². The maximum absolute atomic E-state index is 13.1. The summed E-state index contributed by atoms with van der Waals surface area (Å²) in [6.07, 6.45) is 0.716. The summed E-state index contributed by atoms with van der Waals surface area (Å²) in [5.74, 6) is -4.13. The fourth-order valence-electron chi connectivity index (χ4n) is 2.30. The van der Waals surface area contributed by atoms with Crippen LogP contribution in [0.3, 0.4) is 0 Å². The van der Waals surface area contributed by atoms with Crippen LogP contribution >= 0.6 is 12.4 Å². The van der Waals surface area contributed by atoms with Gasteiger partial charge in [0.05, 0.1) is 6.04 Å². The van der Waals surface area contributed by atoms with Crippen LogP contribution in [-0.2, 0) is 4.79 Å². The van der Waals surface area contributed by atoms with Gasteiger partial charge in [-0.15, -0.1) is 12.4 Å². The maximum Gasteiger partial charge on any atom is 0.320 e. The zero-order valence-corrected chi connectivity index (χ0v) is 8.19. The van der Waals surface area contributed by atoms with E-state index in [0.717, 1.165) is 0 Å². The highest BCUT2D eigenvalue weighted by molar-refractivity contribution is 5.85. The van der Waals surface area contributed by atoms with E-state index in [-0.39, 0.29) is 18.8 Å². The summed E-state index contributed by atoms with van der Waals surface area (Å²) in [7, 11) is 0. The Hall–Kier alpha value is -0.420. The average molecular weight is 228 g/mol. The van der Waals surface area contributed by atoms with Crippen LogP contribution in [0, 0.1) is 5.92 Å². The highest BCUT2D eigenvalue weighted by Crippen LogP contribution is 2.42. The number of carbonyl (C=O) groups is 1. The lowest BCUT2D eigenvalue weighted by molar-refractivity contribution is -0.156. The van der Waals surface area contributed by atoms with Crippen molar-refractivity contribution < 1.29 is 18.7 Å². The van der Waals surface area contributed by atoms with Crippen LogP contribution in [0.2, 0.25) is 0 Å². The largest absolute Gasteiger partial charge is 0.480 e. The summed E-state index contributed by atoms with van der Waals surface area (Å²) in [5.41, 5.74) is 0. The predicted molar refractivity (Wildman–Crippen MR) is 47.9 cm³/mol. The van der Waals surface area contributed by atoms with Crippen molar-refractivity contribution in [1.29, 1.82) is 0 Å².